The first-order valence-corrected chi connectivity index (χ1v) is 13.1. The van der Waals surface area contributed by atoms with Gasteiger partial charge in [0.25, 0.3) is 0 Å². The third kappa shape index (κ3) is 7.69. The number of carbonyl (C=O) groups excluding carboxylic acids is 3. The Morgan fingerprint density at radius 3 is 2.37 bits per heavy atom. The van der Waals surface area contributed by atoms with E-state index in [9.17, 15) is 14.4 Å². The lowest BCUT2D eigenvalue weighted by Crippen LogP contribution is -2.56. The Labute approximate surface area is 209 Å². The first-order chi connectivity index (χ1) is 16.8. The summed E-state index contributed by atoms with van der Waals surface area (Å²) in [5, 5.41) is 1.37. The maximum absolute atomic E-state index is 13.7. The summed E-state index contributed by atoms with van der Waals surface area (Å²) in [4.78, 5) is 43.4. The zero-order chi connectivity index (χ0) is 25.4. The molecule has 1 N–H and O–H groups in total. The molecule has 1 aromatic carbocycles. The molecular weight excluding hydrogens is 444 g/mol. The van der Waals surface area contributed by atoms with Gasteiger partial charge in [-0.15, -0.1) is 0 Å². The highest BCUT2D eigenvalue weighted by atomic mass is 16.6. The molecule has 0 aromatic heterocycles. The summed E-state index contributed by atoms with van der Waals surface area (Å²) in [7, 11) is 0. The molecule has 0 spiro atoms. The van der Waals surface area contributed by atoms with Crippen LogP contribution in [-0.4, -0.2) is 71.2 Å². The Balaban J connectivity index is 1.79. The van der Waals surface area contributed by atoms with Crippen LogP contribution >= 0.6 is 0 Å². The fourth-order valence-electron chi connectivity index (χ4n) is 4.77. The summed E-state index contributed by atoms with van der Waals surface area (Å²) >= 11 is 0. The number of nitrogens with one attached hydrogen (secondary N) is 1. The van der Waals surface area contributed by atoms with Crippen LogP contribution < -0.4 is 5.43 Å². The Kier molecular flexibility index (Phi) is 9.95. The van der Waals surface area contributed by atoms with E-state index in [0.717, 1.165) is 45.2 Å². The maximum atomic E-state index is 13.7. The summed E-state index contributed by atoms with van der Waals surface area (Å²) in [5.74, 6) is 0.160. The second-order valence-corrected chi connectivity index (χ2v) is 10.6. The van der Waals surface area contributed by atoms with Crippen molar-refractivity contribution < 1.29 is 19.1 Å². The van der Waals surface area contributed by atoms with Crippen molar-refractivity contribution in [2.24, 2.45) is 11.8 Å². The Hall–Kier alpha value is -2.61. The molecule has 3 amide bonds. The number of benzene rings is 1. The van der Waals surface area contributed by atoms with Gasteiger partial charge < -0.3 is 14.5 Å². The minimum absolute atomic E-state index is 0.0832. The number of nitrogens with zero attached hydrogens (tertiary/aromatic N) is 3. The lowest BCUT2D eigenvalue weighted by Gasteiger charge is -2.38. The van der Waals surface area contributed by atoms with Gasteiger partial charge in [0.1, 0.15) is 0 Å². The lowest BCUT2D eigenvalue weighted by atomic mass is 9.97. The predicted molar refractivity (Wildman–Crippen MR) is 135 cm³/mol. The molecule has 2 atom stereocenters. The number of cyclic esters (lactones) is 1. The molecule has 0 radical (unpaired) electrons. The number of piperidine rings is 1. The number of hydrogen-bond acceptors (Lipinski definition) is 5. The van der Waals surface area contributed by atoms with Crippen molar-refractivity contribution in [3.63, 3.8) is 0 Å². The molecule has 2 aliphatic heterocycles. The van der Waals surface area contributed by atoms with E-state index in [1.54, 1.807) is 4.90 Å². The van der Waals surface area contributed by atoms with E-state index in [2.05, 4.69) is 17.6 Å². The number of carbonyl (C=O) groups is 3. The van der Waals surface area contributed by atoms with Gasteiger partial charge in [-0.3, -0.25) is 4.79 Å². The largest absolute Gasteiger partial charge is 0.426 e. The van der Waals surface area contributed by atoms with Crippen LogP contribution in [0.5, 0.6) is 0 Å². The molecule has 8 heteroatoms. The molecule has 1 aromatic rings. The van der Waals surface area contributed by atoms with Crippen molar-refractivity contribution in [1.29, 1.82) is 0 Å². The number of hydrogen-bond donors (Lipinski definition) is 1. The molecule has 2 aliphatic rings. The average molecular weight is 487 g/mol. The summed E-state index contributed by atoms with van der Waals surface area (Å²) in [6.45, 7) is 10.5. The van der Waals surface area contributed by atoms with E-state index in [-0.39, 0.29) is 23.7 Å². The molecule has 35 heavy (non-hydrogen) atoms. The number of Topliss-reactive ketones (excluding diaryl/α,β-unsaturated/α-hetero) is 1. The number of ether oxygens (including phenoxy) is 1. The van der Waals surface area contributed by atoms with Crippen LogP contribution in [0.1, 0.15) is 65.4 Å². The second kappa shape index (κ2) is 12.9. The van der Waals surface area contributed by atoms with Gasteiger partial charge in [-0.05, 0) is 55.9 Å². The summed E-state index contributed by atoms with van der Waals surface area (Å²) in [5.41, 5.74) is 4.15. The summed E-state index contributed by atoms with van der Waals surface area (Å²) < 4.78 is 5.42. The van der Waals surface area contributed by atoms with Gasteiger partial charge in [-0.25, -0.2) is 14.6 Å². The van der Waals surface area contributed by atoms with Gasteiger partial charge in [0.15, 0.2) is 0 Å². The van der Waals surface area contributed by atoms with Crippen molar-refractivity contribution >= 4 is 17.9 Å². The minimum Gasteiger partial charge on any atom is -0.420 e. The summed E-state index contributed by atoms with van der Waals surface area (Å²) in [6, 6.07) is 9.44. The van der Waals surface area contributed by atoms with E-state index in [1.165, 1.54) is 10.6 Å². The first-order valence-electron chi connectivity index (χ1n) is 13.1. The normalized spacial score (nSPS) is 19.3. The number of ketones is 1. The van der Waals surface area contributed by atoms with Gasteiger partial charge in [-0.2, -0.15) is 5.43 Å². The molecule has 0 bridgehead atoms. The molecule has 2 heterocycles. The van der Waals surface area contributed by atoms with Crippen LogP contribution in [0, 0.1) is 11.8 Å². The number of amides is 3. The van der Waals surface area contributed by atoms with Gasteiger partial charge in [0, 0.05) is 26.2 Å². The fourth-order valence-corrected chi connectivity index (χ4v) is 4.77. The van der Waals surface area contributed by atoms with Crippen LogP contribution in [0.25, 0.3) is 0 Å². The molecule has 194 valence electrons. The van der Waals surface area contributed by atoms with Crippen LogP contribution in [0.3, 0.4) is 0 Å². The maximum Gasteiger partial charge on any atom is 0.426 e. The third-order valence-electron chi connectivity index (χ3n) is 6.50. The molecule has 2 fully saturated rings. The lowest BCUT2D eigenvalue weighted by molar-refractivity contribution is -0.132. The molecule has 2 saturated heterocycles. The van der Waals surface area contributed by atoms with Crippen LogP contribution in [0.2, 0.25) is 0 Å². The molecule has 8 nitrogen and oxygen atoms in total. The smallest absolute Gasteiger partial charge is 0.420 e. The van der Waals surface area contributed by atoms with Crippen molar-refractivity contribution in [2.75, 3.05) is 26.2 Å². The summed E-state index contributed by atoms with van der Waals surface area (Å²) in [6.07, 6.45) is 3.57. The van der Waals surface area contributed by atoms with Crippen LogP contribution in [0.4, 0.5) is 9.59 Å². The SMILES string of the molecule is CC(C)C[C@@H](C(=O)C1NN(CC(C)C)C(=O)O1)N(CCCc1ccccc1)C(=O)N1CCCCC1. The molecule has 1 unspecified atom stereocenters. The van der Waals surface area contributed by atoms with E-state index < -0.39 is 18.4 Å². The van der Waals surface area contributed by atoms with Gasteiger partial charge in [-0.1, -0.05) is 58.0 Å². The highest BCUT2D eigenvalue weighted by molar-refractivity contribution is 5.93. The zero-order valence-electron chi connectivity index (χ0n) is 21.7. The van der Waals surface area contributed by atoms with E-state index >= 15 is 0 Å². The van der Waals surface area contributed by atoms with Gasteiger partial charge >= 0.3 is 12.1 Å². The van der Waals surface area contributed by atoms with Crippen molar-refractivity contribution in [1.82, 2.24) is 20.2 Å². The number of rotatable bonds is 11. The quantitative estimate of drug-likeness (QED) is 0.500. The van der Waals surface area contributed by atoms with Crippen LogP contribution in [-0.2, 0) is 16.0 Å². The molecule has 0 aliphatic carbocycles. The minimum atomic E-state index is -1.07. The monoisotopic (exact) mass is 486 g/mol. The standard InChI is InChI=1S/C27H42N4O4/c1-20(2)18-23(24(32)25-28-31(19-21(3)4)27(34)35-25)30(26(33)29-15-9-6-10-16-29)17-11-14-22-12-7-5-8-13-22/h5,7-8,12-13,20-21,23,25,28H,6,9-11,14-19H2,1-4H3/t23-,25?/m0/s1. The van der Waals surface area contributed by atoms with E-state index in [1.807, 2.05) is 50.8 Å². The van der Waals surface area contributed by atoms with Crippen molar-refractivity contribution in [3.05, 3.63) is 35.9 Å². The molecule has 3 rings (SSSR count). The fraction of sp³-hybridized carbons (Fsp3) is 0.667. The number of hydrazine groups is 1. The average Bonchev–Trinajstić information content (AvgIpc) is 3.20. The third-order valence-corrected chi connectivity index (χ3v) is 6.50. The topological polar surface area (TPSA) is 82.2 Å². The van der Waals surface area contributed by atoms with Crippen LogP contribution in [0.15, 0.2) is 30.3 Å². The zero-order valence-corrected chi connectivity index (χ0v) is 21.7. The van der Waals surface area contributed by atoms with Crippen molar-refractivity contribution in [3.8, 4) is 0 Å². The highest BCUT2D eigenvalue weighted by Gasteiger charge is 2.42. The number of aryl methyl sites for hydroxylation is 1. The highest BCUT2D eigenvalue weighted by Crippen LogP contribution is 2.22. The second-order valence-electron chi connectivity index (χ2n) is 10.6. The van der Waals surface area contributed by atoms with Gasteiger partial charge in [0.05, 0.1) is 6.04 Å². The van der Waals surface area contributed by atoms with Gasteiger partial charge in [0.2, 0.25) is 12.0 Å². The van der Waals surface area contributed by atoms with Crippen molar-refractivity contribution in [2.45, 2.75) is 78.5 Å². The Morgan fingerprint density at radius 2 is 1.74 bits per heavy atom. The Bertz CT molecular complexity index is 839. The first kappa shape index (κ1) is 27.0. The van der Waals surface area contributed by atoms with E-state index in [0.29, 0.717) is 19.5 Å². The molecular formula is C27H42N4O4. The number of urea groups is 1. The van der Waals surface area contributed by atoms with E-state index in [4.69, 9.17) is 4.74 Å². The predicted octanol–water partition coefficient (Wildman–Crippen LogP) is 4.45. The Morgan fingerprint density at radius 1 is 1.06 bits per heavy atom. The number of likely N-dealkylation sites (tertiary alicyclic amines) is 1. The molecule has 0 saturated carbocycles.